The van der Waals surface area contributed by atoms with Crippen LogP contribution >= 0.6 is 0 Å². The first-order chi connectivity index (χ1) is 6.93. The molecule has 1 atom stereocenters. The normalized spacial score (nSPS) is 12.5. The van der Waals surface area contributed by atoms with Crippen LogP contribution in [-0.2, 0) is 4.79 Å². The van der Waals surface area contributed by atoms with Crippen molar-refractivity contribution in [1.29, 1.82) is 0 Å². The van der Waals surface area contributed by atoms with Crippen LogP contribution in [0.4, 0.5) is 8.78 Å². The van der Waals surface area contributed by atoms with Gasteiger partial charge in [-0.1, -0.05) is 12.1 Å². The average molecular weight is 215 g/mol. The molecule has 1 aromatic rings. The lowest BCUT2D eigenvalue weighted by Crippen LogP contribution is -2.17. The third-order valence-electron chi connectivity index (χ3n) is 2.10. The highest BCUT2D eigenvalue weighted by Gasteiger charge is 2.18. The largest absolute Gasteiger partial charge is 0.481 e. The Morgan fingerprint density at radius 3 is 2.60 bits per heavy atom. The van der Waals surface area contributed by atoms with Crippen LogP contribution < -0.4 is 5.73 Å². The highest BCUT2D eigenvalue weighted by atomic mass is 19.2. The summed E-state index contributed by atoms with van der Waals surface area (Å²) >= 11 is 0. The highest BCUT2D eigenvalue weighted by molar-refractivity contribution is 5.67. The molecule has 5 heteroatoms. The molecule has 82 valence electrons. The topological polar surface area (TPSA) is 63.3 Å². The van der Waals surface area contributed by atoms with Gasteiger partial charge >= 0.3 is 5.97 Å². The molecule has 1 aromatic carbocycles. The molecular weight excluding hydrogens is 204 g/mol. The predicted molar refractivity (Wildman–Crippen MR) is 50.3 cm³/mol. The monoisotopic (exact) mass is 215 g/mol. The average Bonchev–Trinajstić information content (AvgIpc) is 2.13. The second-order valence-electron chi connectivity index (χ2n) is 3.30. The van der Waals surface area contributed by atoms with E-state index >= 15 is 0 Å². The lowest BCUT2D eigenvalue weighted by atomic mass is 10.0. The van der Waals surface area contributed by atoms with Crippen LogP contribution in [0.1, 0.15) is 23.6 Å². The number of carboxylic acids is 1. The van der Waals surface area contributed by atoms with E-state index in [1.54, 1.807) is 0 Å². The third kappa shape index (κ3) is 2.50. The van der Waals surface area contributed by atoms with Gasteiger partial charge in [0.05, 0.1) is 6.42 Å². The van der Waals surface area contributed by atoms with Crippen LogP contribution in [0.5, 0.6) is 0 Å². The quantitative estimate of drug-likeness (QED) is 0.807. The molecule has 0 heterocycles. The number of hydrogen-bond acceptors (Lipinski definition) is 2. The van der Waals surface area contributed by atoms with Crippen molar-refractivity contribution in [2.75, 3.05) is 0 Å². The van der Waals surface area contributed by atoms with Crippen LogP contribution in [0.2, 0.25) is 0 Å². The van der Waals surface area contributed by atoms with Gasteiger partial charge in [-0.15, -0.1) is 0 Å². The Morgan fingerprint density at radius 1 is 1.47 bits per heavy atom. The molecule has 0 spiro atoms. The molecule has 1 rings (SSSR count). The molecule has 0 aliphatic carbocycles. The number of carbonyl (C=O) groups is 1. The summed E-state index contributed by atoms with van der Waals surface area (Å²) in [6.45, 7) is 1.42. The van der Waals surface area contributed by atoms with Crippen LogP contribution in [-0.4, -0.2) is 11.1 Å². The zero-order valence-electron chi connectivity index (χ0n) is 8.13. The summed E-state index contributed by atoms with van der Waals surface area (Å²) in [4.78, 5) is 10.4. The van der Waals surface area contributed by atoms with Gasteiger partial charge in [-0.05, 0) is 12.5 Å². The van der Waals surface area contributed by atoms with Crippen LogP contribution in [0.25, 0.3) is 0 Å². The first kappa shape index (κ1) is 11.6. The van der Waals surface area contributed by atoms with Crippen molar-refractivity contribution in [2.24, 2.45) is 5.73 Å². The van der Waals surface area contributed by atoms with Crippen molar-refractivity contribution < 1.29 is 18.7 Å². The summed E-state index contributed by atoms with van der Waals surface area (Å²) in [5.74, 6) is -3.19. The lowest BCUT2D eigenvalue weighted by molar-refractivity contribution is -0.137. The smallest absolute Gasteiger partial charge is 0.305 e. The van der Waals surface area contributed by atoms with Gasteiger partial charge in [-0.3, -0.25) is 4.79 Å². The number of hydrogen-bond donors (Lipinski definition) is 2. The minimum absolute atomic E-state index is 0.111. The molecule has 15 heavy (non-hydrogen) atoms. The third-order valence-corrected chi connectivity index (χ3v) is 2.10. The van der Waals surface area contributed by atoms with E-state index in [9.17, 15) is 13.6 Å². The first-order valence-corrected chi connectivity index (χ1v) is 4.35. The van der Waals surface area contributed by atoms with E-state index in [2.05, 4.69) is 0 Å². The van der Waals surface area contributed by atoms with Crippen LogP contribution in [0.15, 0.2) is 12.1 Å². The van der Waals surface area contributed by atoms with E-state index in [0.717, 1.165) is 0 Å². The Hall–Kier alpha value is -1.49. The Labute approximate surface area is 85.5 Å². The zero-order chi connectivity index (χ0) is 11.6. The molecular formula is C10H11F2NO2. The molecule has 0 aliphatic rings. The summed E-state index contributed by atoms with van der Waals surface area (Å²) in [5, 5.41) is 8.46. The summed E-state index contributed by atoms with van der Waals surface area (Å²) in [6.07, 6.45) is -0.431. The zero-order valence-corrected chi connectivity index (χ0v) is 8.13. The maximum atomic E-state index is 13.3. The molecule has 0 fully saturated rings. The van der Waals surface area contributed by atoms with E-state index in [0.29, 0.717) is 0 Å². The number of carboxylic acid groups (broad SMARTS) is 1. The van der Waals surface area contributed by atoms with Crippen molar-refractivity contribution in [3.63, 3.8) is 0 Å². The van der Waals surface area contributed by atoms with Gasteiger partial charge in [0.15, 0.2) is 11.6 Å². The number of benzene rings is 1. The van der Waals surface area contributed by atoms with Gasteiger partial charge in [-0.25, -0.2) is 8.78 Å². The standard InChI is InChI=1S/C10H11F2NO2/c1-5-2-3-6(10(12)9(5)11)7(13)4-8(14)15/h2-3,7H,4,13H2,1H3,(H,14,15). The summed E-state index contributed by atoms with van der Waals surface area (Å²) in [7, 11) is 0. The molecule has 0 radical (unpaired) electrons. The SMILES string of the molecule is Cc1ccc(C(N)CC(=O)O)c(F)c1F. The molecule has 0 aromatic heterocycles. The summed E-state index contributed by atoms with van der Waals surface area (Å²) < 4.78 is 26.4. The lowest BCUT2D eigenvalue weighted by Gasteiger charge is -2.11. The molecule has 1 unspecified atom stereocenters. The Kier molecular flexibility index (Phi) is 3.36. The second-order valence-corrected chi connectivity index (χ2v) is 3.30. The van der Waals surface area contributed by atoms with Crippen LogP contribution in [0, 0.1) is 18.6 Å². The Balaban J connectivity index is 3.05. The number of aryl methyl sites for hydroxylation is 1. The van der Waals surface area contributed by atoms with E-state index in [1.165, 1.54) is 19.1 Å². The van der Waals surface area contributed by atoms with Crippen molar-refractivity contribution in [3.05, 3.63) is 34.9 Å². The van der Waals surface area contributed by atoms with Crippen molar-refractivity contribution in [2.45, 2.75) is 19.4 Å². The van der Waals surface area contributed by atoms with Gasteiger partial charge < -0.3 is 10.8 Å². The van der Waals surface area contributed by atoms with E-state index in [-0.39, 0.29) is 11.1 Å². The Morgan fingerprint density at radius 2 is 2.07 bits per heavy atom. The number of halogens is 2. The van der Waals surface area contributed by atoms with E-state index < -0.39 is 30.1 Å². The number of rotatable bonds is 3. The fourth-order valence-corrected chi connectivity index (χ4v) is 1.25. The van der Waals surface area contributed by atoms with Crippen LogP contribution in [0.3, 0.4) is 0 Å². The van der Waals surface area contributed by atoms with Gasteiger partial charge in [-0.2, -0.15) is 0 Å². The fourth-order valence-electron chi connectivity index (χ4n) is 1.25. The summed E-state index contributed by atoms with van der Waals surface area (Å²) in [6, 6.07) is 1.65. The van der Waals surface area contributed by atoms with Gasteiger partial charge in [0.1, 0.15) is 0 Å². The first-order valence-electron chi connectivity index (χ1n) is 4.35. The van der Waals surface area contributed by atoms with E-state index in [1.807, 2.05) is 0 Å². The van der Waals surface area contributed by atoms with Crippen molar-refractivity contribution in [1.82, 2.24) is 0 Å². The Bertz CT molecular complexity index is 393. The van der Waals surface area contributed by atoms with Gasteiger partial charge in [0.25, 0.3) is 0 Å². The minimum Gasteiger partial charge on any atom is -0.481 e. The molecule has 0 amide bonds. The maximum absolute atomic E-state index is 13.3. The maximum Gasteiger partial charge on any atom is 0.305 e. The second kappa shape index (κ2) is 4.35. The predicted octanol–water partition coefficient (Wildman–Crippen LogP) is 1.75. The number of aliphatic carboxylic acids is 1. The molecule has 0 saturated heterocycles. The fraction of sp³-hybridized carbons (Fsp3) is 0.300. The van der Waals surface area contributed by atoms with Gasteiger partial charge in [0.2, 0.25) is 0 Å². The highest BCUT2D eigenvalue weighted by Crippen LogP contribution is 2.22. The van der Waals surface area contributed by atoms with Gasteiger partial charge in [0, 0.05) is 11.6 Å². The molecule has 3 N–H and O–H groups in total. The molecule has 0 aliphatic heterocycles. The van der Waals surface area contributed by atoms with Crippen molar-refractivity contribution >= 4 is 5.97 Å². The minimum atomic E-state index is -1.15. The molecule has 3 nitrogen and oxygen atoms in total. The van der Waals surface area contributed by atoms with E-state index in [4.69, 9.17) is 10.8 Å². The molecule has 0 bridgehead atoms. The number of nitrogens with two attached hydrogens (primary N) is 1. The summed E-state index contributed by atoms with van der Waals surface area (Å²) in [5.41, 5.74) is 5.48. The van der Waals surface area contributed by atoms with Crippen molar-refractivity contribution in [3.8, 4) is 0 Å². The molecule has 0 saturated carbocycles.